The summed E-state index contributed by atoms with van der Waals surface area (Å²) in [5, 5.41) is 11.1. The van der Waals surface area contributed by atoms with E-state index in [9.17, 15) is 8.78 Å². The number of benzene rings is 2. The average Bonchev–Trinajstić information content (AvgIpc) is 3.00. The maximum atomic E-state index is 12.2. The van der Waals surface area contributed by atoms with Crippen LogP contribution in [0, 0.1) is 18.6 Å². The monoisotopic (exact) mass is 404 g/mol. The first-order valence-corrected chi connectivity index (χ1v) is 8.79. The van der Waals surface area contributed by atoms with Crippen LogP contribution in [0.3, 0.4) is 0 Å². The summed E-state index contributed by atoms with van der Waals surface area (Å²) in [6.07, 6.45) is 1.54. The molecule has 0 amide bonds. The maximum Gasteiger partial charge on any atom is 0.387 e. The SMILES string of the molecule is Cc1ccc(OCc2n[nH]c(=S)n2/N=C\c2ccc(OC(F)F)cc2)c(C)c1. The van der Waals surface area contributed by atoms with Crippen LogP contribution in [-0.4, -0.2) is 27.7 Å². The highest BCUT2D eigenvalue weighted by Gasteiger charge is 2.08. The van der Waals surface area contributed by atoms with E-state index in [1.807, 2.05) is 32.0 Å². The molecular weight excluding hydrogens is 386 g/mol. The van der Waals surface area contributed by atoms with Gasteiger partial charge in [-0.05, 0) is 67.5 Å². The van der Waals surface area contributed by atoms with Crippen molar-refractivity contribution >= 4 is 18.4 Å². The van der Waals surface area contributed by atoms with Crippen molar-refractivity contribution in [2.75, 3.05) is 0 Å². The largest absolute Gasteiger partial charge is 0.485 e. The summed E-state index contributed by atoms with van der Waals surface area (Å²) < 4.78 is 36.3. The molecule has 1 N–H and O–H groups in total. The lowest BCUT2D eigenvalue weighted by atomic mass is 10.1. The zero-order valence-electron chi connectivity index (χ0n) is 15.2. The second kappa shape index (κ2) is 8.75. The molecule has 0 unspecified atom stereocenters. The van der Waals surface area contributed by atoms with Crippen LogP contribution in [0.5, 0.6) is 11.5 Å². The van der Waals surface area contributed by atoms with Gasteiger partial charge in [0.25, 0.3) is 0 Å². The Labute approximate surface area is 165 Å². The first-order chi connectivity index (χ1) is 13.4. The molecule has 0 fully saturated rings. The number of aromatic nitrogens is 3. The van der Waals surface area contributed by atoms with E-state index in [-0.39, 0.29) is 12.4 Å². The van der Waals surface area contributed by atoms with Crippen LogP contribution in [0.4, 0.5) is 8.78 Å². The van der Waals surface area contributed by atoms with Crippen LogP contribution in [-0.2, 0) is 6.61 Å². The minimum absolute atomic E-state index is 0.0784. The van der Waals surface area contributed by atoms with Gasteiger partial charge in [-0.25, -0.2) is 5.10 Å². The summed E-state index contributed by atoms with van der Waals surface area (Å²) in [5.41, 5.74) is 2.86. The van der Waals surface area contributed by atoms with Crippen molar-refractivity contribution in [1.29, 1.82) is 0 Å². The van der Waals surface area contributed by atoms with Crippen LogP contribution in [0.2, 0.25) is 0 Å². The van der Waals surface area contributed by atoms with Gasteiger partial charge in [0.1, 0.15) is 18.1 Å². The molecule has 3 aromatic rings. The number of nitrogens with zero attached hydrogens (tertiary/aromatic N) is 3. The number of alkyl halides is 2. The predicted molar refractivity (Wildman–Crippen MR) is 104 cm³/mol. The molecule has 1 aromatic heterocycles. The van der Waals surface area contributed by atoms with Crippen molar-refractivity contribution in [1.82, 2.24) is 14.9 Å². The van der Waals surface area contributed by atoms with E-state index in [1.54, 1.807) is 12.1 Å². The van der Waals surface area contributed by atoms with E-state index < -0.39 is 6.61 Å². The zero-order chi connectivity index (χ0) is 20.1. The van der Waals surface area contributed by atoms with Gasteiger partial charge in [-0.15, -0.1) is 0 Å². The Kier molecular flexibility index (Phi) is 6.15. The number of hydrogen-bond donors (Lipinski definition) is 1. The summed E-state index contributed by atoms with van der Waals surface area (Å²) in [4.78, 5) is 0. The number of nitrogens with one attached hydrogen (secondary N) is 1. The van der Waals surface area contributed by atoms with E-state index in [0.29, 0.717) is 16.2 Å². The lowest BCUT2D eigenvalue weighted by molar-refractivity contribution is -0.0498. The lowest BCUT2D eigenvalue weighted by Crippen LogP contribution is -2.05. The second-order valence-electron chi connectivity index (χ2n) is 6.01. The molecule has 3 rings (SSSR count). The van der Waals surface area contributed by atoms with E-state index in [4.69, 9.17) is 17.0 Å². The highest BCUT2D eigenvalue weighted by molar-refractivity contribution is 7.71. The standard InChI is InChI=1S/C19H18F2N4O2S/c1-12-3-8-16(13(2)9-12)26-11-17-23-24-19(28)25(17)22-10-14-4-6-15(7-5-14)27-18(20)21/h3-10,18H,11H2,1-2H3,(H,24,28)/b22-10-. The molecule has 0 aliphatic rings. The van der Waals surface area contributed by atoms with Crippen molar-refractivity contribution in [3.05, 3.63) is 69.8 Å². The summed E-state index contributed by atoms with van der Waals surface area (Å²) >= 11 is 5.20. The second-order valence-corrected chi connectivity index (χ2v) is 6.39. The summed E-state index contributed by atoms with van der Waals surface area (Å²) in [7, 11) is 0. The minimum Gasteiger partial charge on any atom is -0.485 e. The van der Waals surface area contributed by atoms with Gasteiger partial charge in [0.15, 0.2) is 5.82 Å². The van der Waals surface area contributed by atoms with Gasteiger partial charge in [0, 0.05) is 0 Å². The normalized spacial score (nSPS) is 11.3. The molecule has 0 saturated carbocycles. The van der Waals surface area contributed by atoms with Crippen LogP contribution in [0.1, 0.15) is 22.5 Å². The van der Waals surface area contributed by atoms with E-state index in [1.165, 1.54) is 23.0 Å². The molecular formula is C19H18F2N4O2S. The molecule has 0 radical (unpaired) electrons. The predicted octanol–water partition coefficient (Wildman–Crippen LogP) is 4.62. The number of ether oxygens (including phenoxy) is 2. The summed E-state index contributed by atoms with van der Waals surface area (Å²) in [5.74, 6) is 1.33. The Morgan fingerprint density at radius 2 is 1.96 bits per heavy atom. The number of H-pyrrole nitrogens is 1. The molecule has 2 aromatic carbocycles. The number of hydrogen-bond acceptors (Lipinski definition) is 5. The Bertz CT molecular complexity index is 1030. The van der Waals surface area contributed by atoms with Crippen molar-refractivity contribution in [2.24, 2.45) is 5.10 Å². The van der Waals surface area contributed by atoms with Crippen molar-refractivity contribution < 1.29 is 18.3 Å². The first-order valence-electron chi connectivity index (χ1n) is 8.38. The summed E-state index contributed by atoms with van der Waals surface area (Å²) in [6.45, 7) is 1.31. The molecule has 6 nitrogen and oxygen atoms in total. The third-order valence-electron chi connectivity index (χ3n) is 3.83. The van der Waals surface area contributed by atoms with Crippen LogP contribution < -0.4 is 9.47 Å². The van der Waals surface area contributed by atoms with Gasteiger partial charge in [-0.3, -0.25) is 0 Å². The van der Waals surface area contributed by atoms with E-state index in [2.05, 4.69) is 20.0 Å². The highest BCUT2D eigenvalue weighted by Crippen LogP contribution is 2.20. The molecule has 0 spiro atoms. The third kappa shape index (κ3) is 5.01. The summed E-state index contributed by atoms with van der Waals surface area (Å²) in [6, 6.07) is 12.0. The Hall–Kier alpha value is -3.07. The quantitative estimate of drug-likeness (QED) is 0.461. The topological polar surface area (TPSA) is 64.4 Å². The molecule has 28 heavy (non-hydrogen) atoms. The first kappa shape index (κ1) is 19.7. The Morgan fingerprint density at radius 1 is 1.21 bits per heavy atom. The molecule has 0 atom stereocenters. The molecule has 0 aliphatic heterocycles. The van der Waals surface area contributed by atoms with Crippen LogP contribution in [0.25, 0.3) is 0 Å². The number of aromatic amines is 1. The van der Waals surface area contributed by atoms with E-state index in [0.717, 1.165) is 16.9 Å². The Balaban J connectivity index is 1.72. The fraction of sp³-hybridized carbons (Fsp3) is 0.211. The van der Waals surface area contributed by atoms with Gasteiger partial charge < -0.3 is 9.47 Å². The van der Waals surface area contributed by atoms with Crippen LogP contribution >= 0.6 is 12.2 Å². The Morgan fingerprint density at radius 3 is 2.64 bits per heavy atom. The third-order valence-corrected chi connectivity index (χ3v) is 4.10. The molecule has 0 bridgehead atoms. The van der Waals surface area contributed by atoms with Crippen molar-refractivity contribution in [2.45, 2.75) is 27.1 Å². The van der Waals surface area contributed by atoms with Crippen molar-refractivity contribution in [3.63, 3.8) is 0 Å². The molecule has 0 aliphatic carbocycles. The minimum atomic E-state index is -2.86. The van der Waals surface area contributed by atoms with Gasteiger partial charge in [-0.1, -0.05) is 17.7 Å². The maximum absolute atomic E-state index is 12.2. The smallest absolute Gasteiger partial charge is 0.387 e. The fourth-order valence-electron chi connectivity index (χ4n) is 2.50. The molecule has 9 heteroatoms. The highest BCUT2D eigenvalue weighted by atomic mass is 32.1. The van der Waals surface area contributed by atoms with Gasteiger partial charge in [0.05, 0.1) is 6.21 Å². The molecule has 1 heterocycles. The van der Waals surface area contributed by atoms with Crippen molar-refractivity contribution in [3.8, 4) is 11.5 Å². The zero-order valence-corrected chi connectivity index (χ0v) is 16.0. The fourth-order valence-corrected chi connectivity index (χ4v) is 2.70. The number of rotatable bonds is 7. The number of halogens is 2. The molecule has 0 saturated heterocycles. The average molecular weight is 404 g/mol. The van der Waals surface area contributed by atoms with Crippen LogP contribution in [0.15, 0.2) is 47.6 Å². The van der Waals surface area contributed by atoms with Gasteiger partial charge in [-0.2, -0.15) is 23.7 Å². The number of aryl methyl sites for hydroxylation is 2. The lowest BCUT2D eigenvalue weighted by Gasteiger charge is -2.09. The van der Waals surface area contributed by atoms with Gasteiger partial charge in [0.2, 0.25) is 4.77 Å². The molecule has 146 valence electrons. The van der Waals surface area contributed by atoms with Gasteiger partial charge >= 0.3 is 6.61 Å². The van der Waals surface area contributed by atoms with E-state index >= 15 is 0 Å².